The van der Waals surface area contributed by atoms with Gasteiger partial charge >= 0.3 is 5.97 Å². The molecule has 0 bridgehead atoms. The van der Waals surface area contributed by atoms with E-state index in [1.807, 2.05) is 0 Å². The van der Waals surface area contributed by atoms with Crippen LogP contribution in [0.15, 0.2) is 21.1 Å². The Morgan fingerprint density at radius 2 is 2.17 bits per heavy atom. The highest BCUT2D eigenvalue weighted by atomic mass is 32.2. The van der Waals surface area contributed by atoms with E-state index in [1.165, 1.54) is 17.5 Å². The number of hydrogen-bond donors (Lipinski definition) is 3. The first-order valence-electron chi connectivity index (χ1n) is 7.93. The smallest absolute Gasteiger partial charge is 0.355 e. The van der Waals surface area contributed by atoms with Gasteiger partial charge in [0.25, 0.3) is 11.8 Å². The average Bonchev–Trinajstić information content (AvgIpc) is 3.28. The lowest BCUT2D eigenvalue weighted by atomic mass is 10.2. The summed E-state index contributed by atoms with van der Waals surface area (Å²) in [6.07, 6.45) is 0.866. The summed E-state index contributed by atoms with van der Waals surface area (Å²) in [7, 11) is -2.61. The molecule has 3 heterocycles. The molecular formula is C14H16N6O7S2. The first-order valence-corrected chi connectivity index (χ1v) is 10.7. The molecule has 4 N–H and O–H groups in total. The second-order valence-corrected chi connectivity index (χ2v) is 8.99. The third kappa shape index (κ3) is 3.79. The van der Waals surface area contributed by atoms with E-state index in [0.717, 1.165) is 22.6 Å². The fourth-order valence-electron chi connectivity index (χ4n) is 2.93. The lowest BCUT2D eigenvalue weighted by Gasteiger charge is -2.18. The molecule has 2 aliphatic heterocycles. The molecule has 1 fully saturated rings. The molecule has 1 atom stereocenters. The number of carboxylic acids is 1. The number of rotatable bonds is 6. The largest absolute Gasteiger partial charge is 0.476 e. The van der Waals surface area contributed by atoms with Gasteiger partial charge < -0.3 is 21.0 Å². The number of oxime groups is 1. The topological polar surface area (TPSA) is 185 Å². The molecule has 2 aliphatic rings. The van der Waals surface area contributed by atoms with E-state index in [2.05, 4.69) is 20.3 Å². The normalized spacial score (nSPS) is 20.2. The van der Waals surface area contributed by atoms with Crippen molar-refractivity contribution in [1.29, 1.82) is 0 Å². The van der Waals surface area contributed by atoms with E-state index in [0.29, 0.717) is 0 Å². The molecule has 0 aliphatic carbocycles. The Morgan fingerprint density at radius 3 is 2.69 bits per heavy atom. The average molecular weight is 444 g/mol. The summed E-state index contributed by atoms with van der Waals surface area (Å²) in [5, 5.41) is 19.1. The van der Waals surface area contributed by atoms with Gasteiger partial charge in [-0.25, -0.2) is 28.2 Å². The minimum absolute atomic E-state index is 0.125. The zero-order valence-electron chi connectivity index (χ0n) is 15.1. The maximum absolute atomic E-state index is 12.7. The van der Waals surface area contributed by atoms with Gasteiger partial charge in [0.2, 0.25) is 0 Å². The van der Waals surface area contributed by atoms with Gasteiger partial charge in [-0.1, -0.05) is 5.16 Å². The molecule has 2 amide bonds. The van der Waals surface area contributed by atoms with Crippen LogP contribution < -0.4 is 11.1 Å². The fourth-order valence-corrected chi connectivity index (χ4v) is 4.39. The van der Waals surface area contributed by atoms with Crippen molar-refractivity contribution < 1.29 is 32.7 Å². The van der Waals surface area contributed by atoms with Crippen LogP contribution in [-0.4, -0.2) is 84.5 Å². The maximum Gasteiger partial charge on any atom is 0.355 e. The molecule has 1 aromatic heterocycles. The van der Waals surface area contributed by atoms with Crippen molar-refractivity contribution in [2.75, 3.05) is 32.2 Å². The standard InChI is InChI=1S/C14H16N6O7S2/c1-27-18-9(7-5-28-14(15)17-7)11(21)16-6-3-19-4-8(29(2,25)26)10(13(23)24)20(19)12(6)22/h5-6H,3-4H2,1-2H3,(H2,15,17)(H,16,21)(H,23,24)/b18-9+/t6-/m0/s1. The molecule has 0 radical (unpaired) electrons. The van der Waals surface area contributed by atoms with E-state index >= 15 is 0 Å². The van der Waals surface area contributed by atoms with Crippen LogP contribution in [-0.2, 0) is 29.1 Å². The van der Waals surface area contributed by atoms with Crippen molar-refractivity contribution in [3.63, 3.8) is 0 Å². The molecule has 0 spiro atoms. The number of amides is 2. The van der Waals surface area contributed by atoms with Gasteiger partial charge in [0.05, 0.1) is 11.4 Å². The molecule has 0 saturated carbocycles. The first-order chi connectivity index (χ1) is 13.5. The number of thiazole rings is 1. The van der Waals surface area contributed by atoms with Crippen molar-refractivity contribution in [3.05, 3.63) is 21.7 Å². The summed E-state index contributed by atoms with van der Waals surface area (Å²) in [6.45, 7) is -0.417. The number of hydrogen-bond acceptors (Lipinski definition) is 11. The predicted molar refractivity (Wildman–Crippen MR) is 99.9 cm³/mol. The zero-order valence-corrected chi connectivity index (χ0v) is 16.8. The summed E-state index contributed by atoms with van der Waals surface area (Å²) in [5.41, 5.74) is 4.83. The van der Waals surface area contributed by atoms with Crippen molar-refractivity contribution in [2.45, 2.75) is 6.04 Å². The van der Waals surface area contributed by atoms with E-state index < -0.39 is 39.4 Å². The van der Waals surface area contributed by atoms with Crippen LogP contribution in [0.5, 0.6) is 0 Å². The van der Waals surface area contributed by atoms with Gasteiger partial charge in [-0.3, -0.25) is 9.59 Å². The van der Waals surface area contributed by atoms with Gasteiger partial charge in [-0.15, -0.1) is 11.3 Å². The van der Waals surface area contributed by atoms with Crippen LogP contribution in [0.4, 0.5) is 5.13 Å². The molecule has 29 heavy (non-hydrogen) atoms. The van der Waals surface area contributed by atoms with Crippen LogP contribution in [0.25, 0.3) is 0 Å². The molecule has 0 unspecified atom stereocenters. The Labute approximate surface area is 168 Å². The van der Waals surface area contributed by atoms with Gasteiger partial charge in [0, 0.05) is 18.2 Å². The van der Waals surface area contributed by atoms with E-state index in [9.17, 15) is 27.9 Å². The number of aliphatic carboxylic acids is 1. The summed E-state index contributed by atoms with van der Waals surface area (Å²) in [5.74, 6) is -3.14. The summed E-state index contributed by atoms with van der Waals surface area (Å²) < 4.78 is 23.7. The first kappa shape index (κ1) is 20.7. The van der Waals surface area contributed by atoms with E-state index in [4.69, 9.17) is 5.73 Å². The Kier molecular flexibility index (Phi) is 5.29. The van der Waals surface area contributed by atoms with Crippen molar-refractivity contribution in [3.8, 4) is 0 Å². The molecule has 15 heteroatoms. The van der Waals surface area contributed by atoms with Crippen LogP contribution in [0, 0.1) is 0 Å². The number of nitrogen functional groups attached to an aromatic ring is 1. The minimum atomic E-state index is -3.84. The Hall–Kier alpha value is -3.04. The monoisotopic (exact) mass is 444 g/mol. The fraction of sp³-hybridized carbons (Fsp3) is 0.357. The van der Waals surface area contributed by atoms with E-state index in [1.54, 1.807) is 0 Å². The Bertz CT molecular complexity index is 1060. The number of sulfone groups is 1. The second kappa shape index (κ2) is 7.41. The number of anilines is 1. The molecule has 156 valence electrons. The highest BCUT2D eigenvalue weighted by Gasteiger charge is 2.50. The van der Waals surface area contributed by atoms with Crippen LogP contribution in [0.2, 0.25) is 0 Å². The number of carboxylic acid groups (broad SMARTS) is 1. The maximum atomic E-state index is 12.7. The summed E-state index contributed by atoms with van der Waals surface area (Å²) >= 11 is 1.08. The minimum Gasteiger partial charge on any atom is -0.476 e. The molecule has 1 saturated heterocycles. The zero-order chi connectivity index (χ0) is 21.5. The SMILES string of the molecule is CO/N=C(/C(=O)N[C@H]1CN2CC(S(C)(=O)=O)=C(C(=O)O)N2C1=O)c1csc(N)n1. The number of fused-ring (bicyclic) bond motifs is 1. The van der Waals surface area contributed by atoms with Crippen molar-refractivity contribution in [2.24, 2.45) is 5.16 Å². The molecule has 1 aromatic rings. The van der Waals surface area contributed by atoms with E-state index in [-0.39, 0.29) is 34.5 Å². The lowest BCUT2D eigenvalue weighted by Crippen LogP contribution is -2.46. The predicted octanol–water partition coefficient (Wildman–Crippen LogP) is -2.03. The third-order valence-electron chi connectivity index (χ3n) is 4.10. The quantitative estimate of drug-likeness (QED) is 0.326. The number of nitrogens with two attached hydrogens (primary N) is 1. The van der Waals surface area contributed by atoms with Crippen LogP contribution in [0.3, 0.4) is 0 Å². The van der Waals surface area contributed by atoms with Crippen LogP contribution in [0.1, 0.15) is 5.69 Å². The number of nitrogens with one attached hydrogen (secondary N) is 1. The second-order valence-electron chi connectivity index (χ2n) is 6.07. The van der Waals surface area contributed by atoms with Crippen LogP contribution >= 0.6 is 11.3 Å². The van der Waals surface area contributed by atoms with Gasteiger partial charge in [0.1, 0.15) is 18.8 Å². The number of carbonyl (C=O) groups excluding carboxylic acids is 2. The molecule has 3 rings (SSSR count). The number of nitrogens with zero attached hydrogens (tertiary/aromatic N) is 4. The molecular weight excluding hydrogens is 428 g/mol. The van der Waals surface area contributed by atoms with Gasteiger partial charge in [-0.2, -0.15) is 0 Å². The highest BCUT2D eigenvalue weighted by Crippen LogP contribution is 2.31. The van der Waals surface area contributed by atoms with Crippen molar-refractivity contribution >= 4 is 49.8 Å². The molecule has 0 aromatic carbocycles. The lowest BCUT2D eigenvalue weighted by molar-refractivity contribution is -0.143. The Morgan fingerprint density at radius 1 is 1.48 bits per heavy atom. The number of hydrazine groups is 1. The van der Waals surface area contributed by atoms with Gasteiger partial charge in [-0.05, 0) is 0 Å². The van der Waals surface area contributed by atoms with Gasteiger partial charge in [0.15, 0.2) is 26.4 Å². The highest BCUT2D eigenvalue weighted by molar-refractivity contribution is 7.94. The van der Waals surface area contributed by atoms with Crippen molar-refractivity contribution in [1.82, 2.24) is 20.3 Å². The molecule has 13 nitrogen and oxygen atoms in total. The third-order valence-corrected chi connectivity index (χ3v) is 5.99. The summed E-state index contributed by atoms with van der Waals surface area (Å²) in [4.78, 5) is 45.1. The summed E-state index contributed by atoms with van der Waals surface area (Å²) in [6, 6.07) is -1.13. The number of aromatic nitrogens is 1. The Balaban J connectivity index is 1.84. The number of carbonyl (C=O) groups is 3.